The summed E-state index contributed by atoms with van der Waals surface area (Å²) in [5.41, 5.74) is 5.82. The molecular weight excluding hydrogens is 112 g/mol. The van der Waals surface area contributed by atoms with Crippen molar-refractivity contribution in [3.05, 3.63) is 0 Å². The summed E-state index contributed by atoms with van der Waals surface area (Å²) in [6, 6.07) is 2.02. The van der Waals surface area contributed by atoms with Gasteiger partial charge in [-0.3, -0.25) is 0 Å². The maximum absolute atomic E-state index is 5.82. The van der Waals surface area contributed by atoms with Crippen molar-refractivity contribution >= 4 is 0 Å². The average molecular weight is 126 g/mol. The van der Waals surface area contributed by atoms with Gasteiger partial charge < -0.3 is 11.1 Å². The van der Waals surface area contributed by atoms with Gasteiger partial charge in [-0.15, -0.1) is 0 Å². The first-order valence-corrected chi connectivity index (χ1v) is 3.86. The van der Waals surface area contributed by atoms with Crippen LogP contribution in [-0.2, 0) is 0 Å². The minimum absolute atomic E-state index is 0.490. The van der Waals surface area contributed by atoms with Crippen molar-refractivity contribution in [1.29, 1.82) is 0 Å². The topological polar surface area (TPSA) is 38.0 Å². The SMILES string of the molecule is NC1CC2CC[C@H](C1)N2. The molecule has 9 heavy (non-hydrogen) atoms. The van der Waals surface area contributed by atoms with Crippen LogP contribution >= 0.6 is 0 Å². The molecule has 3 atom stereocenters. The van der Waals surface area contributed by atoms with E-state index >= 15 is 0 Å². The number of fused-ring (bicyclic) bond motifs is 2. The van der Waals surface area contributed by atoms with Gasteiger partial charge in [-0.1, -0.05) is 0 Å². The van der Waals surface area contributed by atoms with E-state index < -0.39 is 0 Å². The molecule has 0 aromatic carbocycles. The number of nitrogens with two attached hydrogens (primary N) is 1. The smallest absolute Gasteiger partial charge is 0.00849 e. The number of hydrogen-bond acceptors (Lipinski definition) is 2. The summed E-state index contributed by atoms with van der Waals surface area (Å²) in [5.74, 6) is 0. The van der Waals surface area contributed by atoms with E-state index in [9.17, 15) is 0 Å². The predicted molar refractivity (Wildman–Crippen MR) is 37.2 cm³/mol. The quantitative estimate of drug-likeness (QED) is 0.487. The maximum atomic E-state index is 5.82. The van der Waals surface area contributed by atoms with Crippen molar-refractivity contribution in [2.75, 3.05) is 0 Å². The lowest BCUT2D eigenvalue weighted by atomic mass is 10.0. The summed E-state index contributed by atoms with van der Waals surface area (Å²) in [4.78, 5) is 0. The third-order valence-corrected chi connectivity index (χ3v) is 2.51. The van der Waals surface area contributed by atoms with Crippen LogP contribution < -0.4 is 11.1 Å². The number of hydrogen-bond donors (Lipinski definition) is 2. The van der Waals surface area contributed by atoms with Gasteiger partial charge in [0.15, 0.2) is 0 Å². The van der Waals surface area contributed by atoms with Crippen LogP contribution in [0.3, 0.4) is 0 Å². The molecule has 0 saturated carbocycles. The van der Waals surface area contributed by atoms with Gasteiger partial charge in [-0.25, -0.2) is 0 Å². The number of rotatable bonds is 0. The second-order valence-electron chi connectivity index (χ2n) is 3.37. The Labute approximate surface area is 55.8 Å². The van der Waals surface area contributed by atoms with Gasteiger partial charge in [0.05, 0.1) is 0 Å². The van der Waals surface area contributed by atoms with Gasteiger partial charge in [-0.05, 0) is 25.7 Å². The highest BCUT2D eigenvalue weighted by molar-refractivity contribution is 4.93. The third kappa shape index (κ3) is 0.970. The summed E-state index contributed by atoms with van der Waals surface area (Å²) in [6.07, 6.45) is 5.13. The Morgan fingerprint density at radius 3 is 2.22 bits per heavy atom. The maximum Gasteiger partial charge on any atom is 0.00849 e. The molecule has 0 spiro atoms. The van der Waals surface area contributed by atoms with E-state index in [0.717, 1.165) is 12.1 Å². The fraction of sp³-hybridized carbons (Fsp3) is 1.00. The molecule has 2 fully saturated rings. The predicted octanol–water partition coefficient (Wildman–Crippen LogP) is 0.228. The summed E-state index contributed by atoms with van der Waals surface area (Å²) in [6.45, 7) is 0. The van der Waals surface area contributed by atoms with Crippen LogP contribution in [0.2, 0.25) is 0 Å². The Bertz CT molecular complexity index is 101. The van der Waals surface area contributed by atoms with Crippen molar-refractivity contribution in [3.63, 3.8) is 0 Å². The third-order valence-electron chi connectivity index (χ3n) is 2.51. The Morgan fingerprint density at radius 1 is 1.11 bits per heavy atom. The van der Waals surface area contributed by atoms with Crippen molar-refractivity contribution in [3.8, 4) is 0 Å². The number of piperidine rings is 1. The second-order valence-corrected chi connectivity index (χ2v) is 3.37. The van der Waals surface area contributed by atoms with Crippen LogP contribution in [0.4, 0.5) is 0 Å². The summed E-state index contributed by atoms with van der Waals surface area (Å²) in [7, 11) is 0. The van der Waals surface area contributed by atoms with Crippen LogP contribution in [0.5, 0.6) is 0 Å². The highest BCUT2D eigenvalue weighted by atomic mass is 15.0. The first kappa shape index (κ1) is 5.69. The molecule has 2 nitrogen and oxygen atoms in total. The summed E-state index contributed by atoms with van der Waals surface area (Å²) < 4.78 is 0. The van der Waals surface area contributed by atoms with E-state index in [-0.39, 0.29) is 0 Å². The van der Waals surface area contributed by atoms with Crippen LogP contribution in [0.25, 0.3) is 0 Å². The monoisotopic (exact) mass is 126 g/mol. The molecule has 0 radical (unpaired) electrons. The molecule has 2 aliphatic heterocycles. The molecular formula is C7H14N2. The van der Waals surface area contributed by atoms with Crippen molar-refractivity contribution < 1.29 is 0 Å². The average Bonchev–Trinajstić information content (AvgIpc) is 2.11. The van der Waals surface area contributed by atoms with Gasteiger partial charge in [0.2, 0.25) is 0 Å². The zero-order chi connectivity index (χ0) is 6.27. The van der Waals surface area contributed by atoms with E-state index in [2.05, 4.69) is 5.32 Å². The molecule has 0 aromatic heterocycles. The first-order valence-electron chi connectivity index (χ1n) is 3.86. The van der Waals surface area contributed by atoms with E-state index in [1.165, 1.54) is 25.7 Å². The summed E-state index contributed by atoms with van der Waals surface area (Å²) in [5, 5.41) is 3.54. The molecule has 0 aromatic rings. The van der Waals surface area contributed by atoms with Gasteiger partial charge in [0, 0.05) is 18.1 Å². The minimum Gasteiger partial charge on any atom is -0.328 e. The Morgan fingerprint density at radius 2 is 1.67 bits per heavy atom. The van der Waals surface area contributed by atoms with Crippen molar-refractivity contribution in [2.24, 2.45) is 5.73 Å². The van der Waals surface area contributed by atoms with Gasteiger partial charge in [-0.2, -0.15) is 0 Å². The van der Waals surface area contributed by atoms with Crippen LogP contribution in [0.15, 0.2) is 0 Å². The summed E-state index contributed by atoms with van der Waals surface area (Å²) >= 11 is 0. The van der Waals surface area contributed by atoms with Crippen molar-refractivity contribution in [1.82, 2.24) is 5.32 Å². The first-order chi connectivity index (χ1) is 4.34. The zero-order valence-electron chi connectivity index (χ0n) is 5.64. The standard InChI is InChI=1S/C7H14N2/c8-5-3-6-1-2-7(4-5)9-6/h5-7,9H,1-4,8H2/t5?,6-,7?/m1/s1. The van der Waals surface area contributed by atoms with Gasteiger partial charge in [0.1, 0.15) is 0 Å². The molecule has 2 heteroatoms. The zero-order valence-corrected chi connectivity index (χ0v) is 5.64. The van der Waals surface area contributed by atoms with Gasteiger partial charge in [0.25, 0.3) is 0 Å². The van der Waals surface area contributed by atoms with Crippen molar-refractivity contribution in [2.45, 2.75) is 43.8 Å². The molecule has 0 aliphatic carbocycles. The van der Waals surface area contributed by atoms with Gasteiger partial charge >= 0.3 is 0 Å². The molecule has 3 N–H and O–H groups in total. The lowest BCUT2D eigenvalue weighted by Crippen LogP contribution is -2.43. The molecule has 52 valence electrons. The largest absolute Gasteiger partial charge is 0.328 e. The van der Waals surface area contributed by atoms with Crippen LogP contribution in [0, 0.1) is 0 Å². The Kier molecular flexibility index (Phi) is 1.24. The highest BCUT2D eigenvalue weighted by Crippen LogP contribution is 2.25. The molecule has 2 aliphatic rings. The lowest BCUT2D eigenvalue weighted by Gasteiger charge is -2.25. The molecule has 2 bridgehead atoms. The van der Waals surface area contributed by atoms with Crippen LogP contribution in [0.1, 0.15) is 25.7 Å². The van der Waals surface area contributed by atoms with E-state index in [1.54, 1.807) is 0 Å². The molecule has 2 saturated heterocycles. The van der Waals surface area contributed by atoms with Crippen LogP contribution in [-0.4, -0.2) is 18.1 Å². The fourth-order valence-electron chi connectivity index (χ4n) is 2.10. The fourth-order valence-corrected chi connectivity index (χ4v) is 2.10. The lowest BCUT2D eigenvalue weighted by molar-refractivity contribution is 0.363. The minimum atomic E-state index is 0.490. The highest BCUT2D eigenvalue weighted by Gasteiger charge is 2.31. The molecule has 2 heterocycles. The van der Waals surface area contributed by atoms with E-state index in [4.69, 9.17) is 5.73 Å². The molecule has 0 amide bonds. The number of nitrogens with one attached hydrogen (secondary N) is 1. The Balaban J connectivity index is 2.03. The Hall–Kier alpha value is -0.0800. The molecule has 2 rings (SSSR count). The normalized spacial score (nSPS) is 49.7. The molecule has 2 unspecified atom stereocenters. The second kappa shape index (κ2) is 1.96. The van der Waals surface area contributed by atoms with E-state index in [1.807, 2.05) is 0 Å². The van der Waals surface area contributed by atoms with E-state index in [0.29, 0.717) is 6.04 Å².